The lowest BCUT2D eigenvalue weighted by Crippen LogP contribution is -2.51. The number of nitrogens with zero attached hydrogens (tertiary/aromatic N) is 1. The van der Waals surface area contributed by atoms with E-state index in [0.29, 0.717) is 18.7 Å². The first kappa shape index (κ1) is 12.5. The van der Waals surface area contributed by atoms with Gasteiger partial charge in [-0.05, 0) is 24.3 Å². The molecule has 0 atom stereocenters. The molecule has 1 fully saturated rings. The Morgan fingerprint density at radius 2 is 1.94 bits per heavy atom. The Bertz CT molecular complexity index is 597. The third-order valence-corrected chi connectivity index (χ3v) is 4.04. The highest BCUT2D eigenvalue weighted by molar-refractivity contribution is 7.90. The average Bonchev–Trinajstić information content (AvgIpc) is 2.26. The minimum Gasteiger partial charge on any atom is -0.315 e. The van der Waals surface area contributed by atoms with Gasteiger partial charge in [0, 0.05) is 13.1 Å². The van der Waals surface area contributed by atoms with Gasteiger partial charge in [-0.2, -0.15) is 5.26 Å². The van der Waals surface area contributed by atoms with Gasteiger partial charge < -0.3 is 5.32 Å². The maximum atomic E-state index is 11.9. The summed E-state index contributed by atoms with van der Waals surface area (Å²) in [4.78, 5) is 11.5. The molecule has 1 aromatic rings. The van der Waals surface area contributed by atoms with E-state index in [9.17, 15) is 13.2 Å². The minimum atomic E-state index is -3.84. The van der Waals surface area contributed by atoms with Crippen molar-refractivity contribution in [3.05, 3.63) is 29.8 Å². The predicted molar refractivity (Wildman–Crippen MR) is 62.8 cm³/mol. The van der Waals surface area contributed by atoms with Crippen LogP contribution < -0.4 is 10.0 Å². The van der Waals surface area contributed by atoms with Crippen molar-refractivity contribution in [3.63, 3.8) is 0 Å². The van der Waals surface area contributed by atoms with Gasteiger partial charge in [0.15, 0.2) is 0 Å². The fraction of sp³-hybridized carbons (Fsp3) is 0.273. The molecule has 6 nitrogen and oxygen atoms in total. The lowest BCUT2D eigenvalue weighted by atomic mass is 10.0. The van der Waals surface area contributed by atoms with Crippen LogP contribution in [0.15, 0.2) is 29.2 Å². The monoisotopic (exact) mass is 265 g/mol. The molecular weight excluding hydrogens is 254 g/mol. The number of sulfonamides is 1. The number of nitrogens with one attached hydrogen (secondary N) is 2. The van der Waals surface area contributed by atoms with Gasteiger partial charge >= 0.3 is 0 Å². The summed E-state index contributed by atoms with van der Waals surface area (Å²) in [7, 11) is -3.84. The van der Waals surface area contributed by atoms with Gasteiger partial charge in [-0.25, -0.2) is 13.1 Å². The van der Waals surface area contributed by atoms with Crippen molar-refractivity contribution < 1.29 is 13.2 Å². The molecule has 0 aromatic heterocycles. The van der Waals surface area contributed by atoms with E-state index >= 15 is 0 Å². The highest BCUT2D eigenvalue weighted by Crippen LogP contribution is 2.11. The Kier molecular flexibility index (Phi) is 3.32. The maximum absolute atomic E-state index is 11.9. The van der Waals surface area contributed by atoms with Gasteiger partial charge in [-0.15, -0.1) is 0 Å². The number of benzene rings is 1. The average molecular weight is 265 g/mol. The van der Waals surface area contributed by atoms with Gasteiger partial charge in [0.05, 0.1) is 22.4 Å². The summed E-state index contributed by atoms with van der Waals surface area (Å²) in [5.74, 6) is -0.795. The van der Waals surface area contributed by atoms with E-state index in [1.54, 1.807) is 0 Å². The molecule has 18 heavy (non-hydrogen) atoms. The highest BCUT2D eigenvalue weighted by Gasteiger charge is 2.28. The molecule has 0 bridgehead atoms. The van der Waals surface area contributed by atoms with Crippen molar-refractivity contribution in [3.8, 4) is 6.07 Å². The Labute approximate surface area is 105 Å². The number of hydrogen-bond donors (Lipinski definition) is 2. The molecule has 1 amide bonds. The fourth-order valence-electron chi connectivity index (χ4n) is 1.46. The third kappa shape index (κ3) is 2.50. The first-order valence-corrected chi connectivity index (χ1v) is 6.79. The summed E-state index contributed by atoms with van der Waals surface area (Å²) < 4.78 is 25.7. The molecule has 1 aliphatic heterocycles. The molecule has 0 aliphatic carbocycles. The topological polar surface area (TPSA) is 99.1 Å². The smallest absolute Gasteiger partial charge is 0.264 e. The molecule has 2 rings (SSSR count). The second-order valence-electron chi connectivity index (χ2n) is 3.96. The first-order valence-electron chi connectivity index (χ1n) is 5.30. The number of amides is 1. The van der Waals surface area contributed by atoms with Crippen LogP contribution in [0.3, 0.4) is 0 Å². The van der Waals surface area contributed by atoms with Crippen LogP contribution in [0.2, 0.25) is 0 Å². The van der Waals surface area contributed by atoms with Crippen LogP contribution in [0.25, 0.3) is 0 Å². The van der Waals surface area contributed by atoms with E-state index in [-0.39, 0.29) is 10.8 Å². The van der Waals surface area contributed by atoms with E-state index in [2.05, 4.69) is 5.32 Å². The second-order valence-corrected chi connectivity index (χ2v) is 5.64. The Morgan fingerprint density at radius 1 is 1.33 bits per heavy atom. The van der Waals surface area contributed by atoms with Crippen molar-refractivity contribution >= 4 is 15.9 Å². The molecule has 1 aromatic carbocycles. The molecule has 0 unspecified atom stereocenters. The lowest BCUT2D eigenvalue weighted by molar-refractivity contribution is -0.124. The summed E-state index contributed by atoms with van der Waals surface area (Å²) in [6, 6.07) is 7.28. The zero-order valence-corrected chi connectivity index (χ0v) is 10.2. The highest BCUT2D eigenvalue weighted by atomic mass is 32.2. The minimum absolute atomic E-state index is 0.0258. The Balaban J connectivity index is 2.14. The van der Waals surface area contributed by atoms with E-state index in [1.165, 1.54) is 24.3 Å². The SMILES string of the molecule is N#Cc1ccc(S(=O)(=O)NC(=O)C2CNC2)cc1. The summed E-state index contributed by atoms with van der Waals surface area (Å²) >= 11 is 0. The van der Waals surface area contributed by atoms with Gasteiger partial charge in [0.1, 0.15) is 0 Å². The molecule has 0 spiro atoms. The molecule has 7 heteroatoms. The van der Waals surface area contributed by atoms with Gasteiger partial charge in [-0.1, -0.05) is 0 Å². The number of carbonyl (C=O) groups is 1. The van der Waals surface area contributed by atoms with Gasteiger partial charge in [-0.3, -0.25) is 4.79 Å². The zero-order chi connectivity index (χ0) is 13.2. The second kappa shape index (κ2) is 4.76. The van der Waals surface area contributed by atoms with Crippen molar-refractivity contribution in [2.75, 3.05) is 13.1 Å². The number of nitriles is 1. The van der Waals surface area contributed by atoms with Crippen molar-refractivity contribution in [2.45, 2.75) is 4.90 Å². The van der Waals surface area contributed by atoms with Crippen LogP contribution in [0.4, 0.5) is 0 Å². The molecule has 0 radical (unpaired) electrons. The lowest BCUT2D eigenvalue weighted by Gasteiger charge is -2.25. The first-order chi connectivity index (χ1) is 8.53. The maximum Gasteiger partial charge on any atom is 0.264 e. The summed E-state index contributed by atoms with van der Waals surface area (Å²) in [6.07, 6.45) is 0. The van der Waals surface area contributed by atoms with E-state index < -0.39 is 15.9 Å². The molecule has 0 saturated carbocycles. The van der Waals surface area contributed by atoms with Crippen LogP contribution in [0, 0.1) is 17.2 Å². The van der Waals surface area contributed by atoms with Gasteiger partial charge in [0.25, 0.3) is 10.0 Å². The van der Waals surface area contributed by atoms with E-state index in [0.717, 1.165) is 0 Å². The molecule has 2 N–H and O–H groups in total. The number of rotatable bonds is 3. The van der Waals surface area contributed by atoms with Crippen molar-refractivity contribution in [2.24, 2.45) is 5.92 Å². The quantitative estimate of drug-likeness (QED) is 0.773. The Hall–Kier alpha value is -1.91. The van der Waals surface area contributed by atoms with E-state index in [4.69, 9.17) is 5.26 Å². The van der Waals surface area contributed by atoms with Gasteiger partial charge in [0.2, 0.25) is 5.91 Å². The summed E-state index contributed by atoms with van der Waals surface area (Å²) in [5, 5.41) is 11.5. The van der Waals surface area contributed by atoms with Crippen LogP contribution in [0.5, 0.6) is 0 Å². The number of carbonyl (C=O) groups excluding carboxylic acids is 1. The summed E-state index contributed by atoms with van der Waals surface area (Å²) in [6.45, 7) is 0.990. The molecule has 94 valence electrons. The Morgan fingerprint density at radius 3 is 2.39 bits per heavy atom. The van der Waals surface area contributed by atoms with E-state index in [1.807, 2.05) is 10.8 Å². The van der Waals surface area contributed by atoms with Crippen LogP contribution >= 0.6 is 0 Å². The van der Waals surface area contributed by atoms with Crippen LogP contribution in [0.1, 0.15) is 5.56 Å². The van der Waals surface area contributed by atoms with Crippen molar-refractivity contribution in [1.82, 2.24) is 10.0 Å². The standard InChI is InChI=1S/C11H11N3O3S/c12-5-8-1-3-10(4-2-8)18(16,17)14-11(15)9-6-13-7-9/h1-4,9,13H,6-7H2,(H,14,15). The molecular formula is C11H11N3O3S. The van der Waals surface area contributed by atoms with Crippen molar-refractivity contribution in [1.29, 1.82) is 5.26 Å². The molecule has 1 saturated heterocycles. The fourth-order valence-corrected chi connectivity index (χ4v) is 2.50. The normalized spacial score (nSPS) is 15.5. The number of hydrogen-bond acceptors (Lipinski definition) is 5. The predicted octanol–water partition coefficient (Wildman–Crippen LogP) is -0.417. The van der Waals surface area contributed by atoms with Crippen LogP contribution in [-0.2, 0) is 14.8 Å². The van der Waals surface area contributed by atoms with Crippen LogP contribution in [-0.4, -0.2) is 27.4 Å². The summed E-state index contributed by atoms with van der Waals surface area (Å²) in [5.41, 5.74) is 0.364. The third-order valence-electron chi connectivity index (χ3n) is 2.68. The molecule has 1 aliphatic rings. The zero-order valence-electron chi connectivity index (χ0n) is 9.38. The molecule has 1 heterocycles. The largest absolute Gasteiger partial charge is 0.315 e.